The molecule has 1 aliphatic rings. The van der Waals surface area contributed by atoms with Gasteiger partial charge in [-0.15, -0.1) is 0 Å². The van der Waals surface area contributed by atoms with E-state index in [1.165, 1.54) is 0 Å². The maximum atomic E-state index is 10.5. The Morgan fingerprint density at radius 2 is 2.00 bits per heavy atom. The van der Waals surface area contributed by atoms with E-state index < -0.39 is 6.08 Å². The molecule has 0 aromatic rings. The molecule has 0 unspecified atom stereocenters. The molecule has 0 aromatic carbocycles. The number of halogens is 2. The predicted molar refractivity (Wildman–Crippen MR) is 43.2 cm³/mol. The van der Waals surface area contributed by atoms with Gasteiger partial charge in [0, 0.05) is 20.0 Å². The summed E-state index contributed by atoms with van der Waals surface area (Å²) in [7, 11) is 1.84. The number of amides is 1. The maximum Gasteiger partial charge on any atom is 0.263 e. The Balaban J connectivity index is 0. The number of likely N-dealkylation sites (tertiary alicyclic amines) is 1. The Morgan fingerprint density at radius 1 is 1.58 bits per heavy atom. The van der Waals surface area contributed by atoms with Gasteiger partial charge in [-0.25, -0.2) is 0 Å². The second-order valence-electron chi connectivity index (χ2n) is 2.26. The van der Waals surface area contributed by atoms with Gasteiger partial charge in [0.25, 0.3) is 6.08 Å². The van der Waals surface area contributed by atoms with Gasteiger partial charge in [-0.05, 0) is 13.0 Å². The molecule has 1 rings (SSSR count). The lowest BCUT2D eigenvalue weighted by molar-refractivity contribution is -0.126. The van der Waals surface area contributed by atoms with Crippen LogP contribution in [0.4, 0.5) is 8.78 Å². The van der Waals surface area contributed by atoms with E-state index in [0.29, 0.717) is 5.91 Å². The molecule has 1 aliphatic heterocycles. The second-order valence-corrected chi connectivity index (χ2v) is 2.26. The molecule has 0 atom stereocenters. The van der Waals surface area contributed by atoms with E-state index in [-0.39, 0.29) is 6.15 Å². The summed E-state index contributed by atoms with van der Waals surface area (Å²) in [6.45, 7) is 3.18. The number of hydrogen-bond acceptors (Lipinski definition) is 2. The summed E-state index contributed by atoms with van der Waals surface area (Å²) >= 11 is 0. The number of carbonyl (C=O) groups is 1. The van der Waals surface area contributed by atoms with Gasteiger partial charge in [0.05, 0.1) is 0 Å². The van der Waals surface area contributed by atoms with Crippen molar-refractivity contribution in [3.63, 3.8) is 0 Å². The highest BCUT2D eigenvalue weighted by atomic mass is 19.3. The Kier molecular flexibility index (Phi) is 7.62. The summed E-state index contributed by atoms with van der Waals surface area (Å²) in [6, 6.07) is 0. The largest absolute Gasteiger partial charge is 0.346 e. The summed E-state index contributed by atoms with van der Waals surface area (Å²) in [5.74, 6) is 0.292. The molecule has 12 heavy (non-hydrogen) atoms. The van der Waals surface area contributed by atoms with Crippen LogP contribution in [-0.4, -0.2) is 24.4 Å². The SMILES string of the molecule is C=C(F)F.CN1CCCC1=O.N. The predicted octanol–water partition coefficient (Wildman–Crippen LogP) is 1.80. The van der Waals surface area contributed by atoms with Gasteiger partial charge >= 0.3 is 0 Å². The molecule has 0 aliphatic carbocycles. The van der Waals surface area contributed by atoms with Gasteiger partial charge in [-0.2, -0.15) is 8.78 Å². The van der Waals surface area contributed by atoms with Crippen molar-refractivity contribution in [2.45, 2.75) is 12.8 Å². The van der Waals surface area contributed by atoms with E-state index in [0.717, 1.165) is 19.4 Å². The number of hydrogen-bond donors (Lipinski definition) is 1. The Labute approximate surface area is 70.6 Å². The van der Waals surface area contributed by atoms with Crippen molar-refractivity contribution < 1.29 is 13.6 Å². The van der Waals surface area contributed by atoms with Crippen LogP contribution < -0.4 is 6.15 Å². The van der Waals surface area contributed by atoms with Crippen molar-refractivity contribution >= 4 is 5.91 Å². The van der Waals surface area contributed by atoms with E-state index >= 15 is 0 Å². The molecule has 1 amide bonds. The van der Waals surface area contributed by atoms with Crippen molar-refractivity contribution in [3.05, 3.63) is 12.7 Å². The summed E-state index contributed by atoms with van der Waals surface area (Å²) in [4.78, 5) is 12.3. The molecule has 1 heterocycles. The monoisotopic (exact) mass is 180 g/mol. The smallest absolute Gasteiger partial charge is 0.263 e. The molecule has 0 saturated carbocycles. The van der Waals surface area contributed by atoms with Crippen LogP contribution in [0.3, 0.4) is 0 Å². The highest BCUT2D eigenvalue weighted by molar-refractivity contribution is 5.77. The van der Waals surface area contributed by atoms with Crippen LogP contribution in [-0.2, 0) is 4.79 Å². The zero-order valence-electron chi connectivity index (χ0n) is 7.15. The summed E-state index contributed by atoms with van der Waals surface area (Å²) < 4.78 is 20.3. The topological polar surface area (TPSA) is 55.3 Å². The van der Waals surface area contributed by atoms with Crippen LogP contribution >= 0.6 is 0 Å². The highest BCUT2D eigenvalue weighted by Crippen LogP contribution is 2.04. The lowest BCUT2D eigenvalue weighted by atomic mass is 10.4. The Morgan fingerprint density at radius 3 is 2.08 bits per heavy atom. The Hall–Kier alpha value is -0.970. The first kappa shape index (κ1) is 13.6. The minimum absolute atomic E-state index is 0. The van der Waals surface area contributed by atoms with E-state index in [4.69, 9.17) is 0 Å². The number of carbonyl (C=O) groups excluding carboxylic acids is 1. The number of nitrogens with zero attached hydrogens (tertiary/aromatic N) is 1. The molecule has 0 radical (unpaired) electrons. The zero-order chi connectivity index (χ0) is 8.85. The average molecular weight is 180 g/mol. The lowest BCUT2D eigenvalue weighted by Crippen LogP contribution is -2.17. The van der Waals surface area contributed by atoms with Gasteiger partial charge < -0.3 is 11.1 Å². The molecule has 0 spiro atoms. The third kappa shape index (κ3) is 7.14. The van der Waals surface area contributed by atoms with E-state index in [2.05, 4.69) is 6.58 Å². The van der Waals surface area contributed by atoms with E-state index in [1.54, 1.807) is 4.90 Å². The van der Waals surface area contributed by atoms with Gasteiger partial charge in [0.1, 0.15) is 0 Å². The average Bonchev–Trinajstić information content (AvgIpc) is 2.15. The molecular weight excluding hydrogens is 166 g/mol. The van der Waals surface area contributed by atoms with E-state index in [1.807, 2.05) is 7.05 Å². The molecule has 1 fully saturated rings. The van der Waals surface area contributed by atoms with Crippen LogP contribution in [0.15, 0.2) is 12.7 Å². The van der Waals surface area contributed by atoms with Crippen molar-refractivity contribution in [3.8, 4) is 0 Å². The molecular formula is C7H14F2N2O. The molecule has 0 bridgehead atoms. The van der Waals surface area contributed by atoms with Gasteiger partial charge in [-0.3, -0.25) is 4.79 Å². The quantitative estimate of drug-likeness (QED) is 0.618. The number of rotatable bonds is 0. The normalized spacial score (nSPS) is 14.6. The minimum Gasteiger partial charge on any atom is -0.346 e. The fourth-order valence-electron chi connectivity index (χ4n) is 0.783. The maximum absolute atomic E-state index is 10.5. The minimum atomic E-state index is -1.83. The molecule has 3 N–H and O–H groups in total. The van der Waals surface area contributed by atoms with Crippen LogP contribution in [0.25, 0.3) is 0 Å². The molecule has 5 heteroatoms. The van der Waals surface area contributed by atoms with Gasteiger partial charge in [0.2, 0.25) is 5.91 Å². The van der Waals surface area contributed by atoms with Crippen molar-refractivity contribution in [2.24, 2.45) is 0 Å². The van der Waals surface area contributed by atoms with Crippen molar-refractivity contribution in [2.75, 3.05) is 13.6 Å². The van der Waals surface area contributed by atoms with Gasteiger partial charge in [-0.1, -0.05) is 0 Å². The second kappa shape index (κ2) is 6.72. The van der Waals surface area contributed by atoms with Crippen LogP contribution in [0.1, 0.15) is 12.8 Å². The van der Waals surface area contributed by atoms with Crippen molar-refractivity contribution in [1.29, 1.82) is 0 Å². The zero-order valence-corrected chi connectivity index (χ0v) is 7.15. The molecule has 72 valence electrons. The van der Waals surface area contributed by atoms with Crippen LogP contribution in [0, 0.1) is 0 Å². The lowest BCUT2D eigenvalue weighted by Gasteiger charge is -2.03. The standard InChI is InChI=1S/C5H9NO.C2H2F2.H3N/c1-6-4-2-3-5(6)7;1-2(3)4;/h2-4H2,1H3;1H2;1H3. The first-order valence-corrected chi connectivity index (χ1v) is 3.28. The highest BCUT2D eigenvalue weighted by Gasteiger charge is 2.14. The fourth-order valence-corrected chi connectivity index (χ4v) is 0.783. The summed E-state index contributed by atoms with van der Waals surface area (Å²) in [5.41, 5.74) is 0. The van der Waals surface area contributed by atoms with Crippen LogP contribution in [0.2, 0.25) is 0 Å². The molecule has 0 aromatic heterocycles. The summed E-state index contributed by atoms with van der Waals surface area (Å²) in [5, 5.41) is 0. The van der Waals surface area contributed by atoms with E-state index in [9.17, 15) is 13.6 Å². The van der Waals surface area contributed by atoms with Crippen molar-refractivity contribution in [1.82, 2.24) is 11.1 Å². The first-order chi connectivity index (χ1) is 5.04. The molecule has 3 nitrogen and oxygen atoms in total. The molecule has 1 saturated heterocycles. The van der Waals surface area contributed by atoms with Gasteiger partial charge in [0.15, 0.2) is 0 Å². The Bertz CT molecular complexity index is 157. The summed E-state index contributed by atoms with van der Waals surface area (Å²) in [6.07, 6.45) is -0.0220. The van der Waals surface area contributed by atoms with Crippen LogP contribution in [0.5, 0.6) is 0 Å². The first-order valence-electron chi connectivity index (χ1n) is 3.28. The third-order valence-electron chi connectivity index (χ3n) is 1.31. The third-order valence-corrected chi connectivity index (χ3v) is 1.31. The fraction of sp³-hybridized carbons (Fsp3) is 0.571.